The Bertz CT molecular complexity index is 76.4. The van der Waals surface area contributed by atoms with Gasteiger partial charge in [-0.3, -0.25) is 4.79 Å². The molecule has 0 spiro atoms. The lowest BCUT2D eigenvalue weighted by atomic mass is 10.3. The van der Waals surface area contributed by atoms with Crippen LogP contribution in [0, 0.1) is 0 Å². The fourth-order valence-corrected chi connectivity index (χ4v) is 1.46. The zero-order chi connectivity index (χ0) is 6.41. The molecule has 1 N–H and O–H groups in total. The second-order valence-electron chi connectivity index (χ2n) is 1.38. The van der Waals surface area contributed by atoms with Crippen molar-refractivity contribution in [3.63, 3.8) is 0 Å². The molecule has 1 unspecified atom stereocenters. The van der Waals surface area contributed by atoms with Crippen molar-refractivity contribution in [3.05, 3.63) is 0 Å². The second-order valence-corrected chi connectivity index (χ2v) is 3.83. The predicted molar refractivity (Wildman–Crippen MR) is 39.0 cm³/mol. The molecule has 4 heteroatoms. The zero-order valence-electron chi connectivity index (χ0n) is 4.35. The Morgan fingerprint density at radius 3 is 2.75 bits per heavy atom. The first-order valence-corrected chi connectivity index (χ1v) is 5.79. The van der Waals surface area contributed by atoms with E-state index in [1.807, 2.05) is 0 Å². The van der Waals surface area contributed by atoms with Gasteiger partial charge in [-0.25, -0.2) is 0 Å². The Morgan fingerprint density at radius 1 is 1.75 bits per heavy atom. The van der Waals surface area contributed by atoms with E-state index in [9.17, 15) is 4.79 Å². The summed E-state index contributed by atoms with van der Waals surface area (Å²) in [6.45, 7) is 0. The van der Waals surface area contributed by atoms with Crippen molar-refractivity contribution >= 4 is 28.7 Å². The van der Waals surface area contributed by atoms with E-state index in [0.29, 0.717) is 13.7 Å². The molecule has 0 amide bonds. The Hall–Kier alpha value is 0.380. The van der Waals surface area contributed by atoms with Crippen LogP contribution < -0.4 is 0 Å². The fourth-order valence-electron chi connectivity index (χ4n) is 0.306. The van der Waals surface area contributed by atoms with Gasteiger partial charge in [0, 0.05) is 6.42 Å². The first-order valence-electron chi connectivity index (χ1n) is 2.32. The number of rotatable bonds is 4. The Labute approximate surface area is 58.2 Å². The first-order chi connectivity index (χ1) is 3.77. The normalized spacial score (nSPS) is 10.6. The molecule has 2 nitrogen and oxygen atoms in total. The minimum Gasteiger partial charge on any atom is -0.481 e. The molecule has 0 heterocycles. The van der Waals surface area contributed by atoms with E-state index in [-0.39, 0.29) is 0 Å². The van der Waals surface area contributed by atoms with Crippen LogP contribution in [-0.2, 0) is 4.79 Å². The van der Waals surface area contributed by atoms with Gasteiger partial charge in [0.05, 0.1) is 0 Å². The third kappa shape index (κ3) is 6.38. The molecule has 0 fully saturated rings. The van der Waals surface area contributed by atoms with Gasteiger partial charge in [0.2, 0.25) is 0 Å². The first kappa shape index (κ1) is 8.38. The fraction of sp³-hybridized carbons (Fsp3) is 0.750. The average molecular weight is 199 g/mol. The van der Waals surface area contributed by atoms with Crippen LogP contribution in [-0.4, -0.2) is 17.2 Å². The average Bonchev–Trinajstić information content (AvgIpc) is 1.66. The van der Waals surface area contributed by atoms with Crippen molar-refractivity contribution in [1.82, 2.24) is 0 Å². The summed E-state index contributed by atoms with van der Waals surface area (Å²) in [6, 6.07) is 0. The van der Waals surface area contributed by atoms with E-state index in [1.54, 1.807) is 0 Å². The number of carbonyl (C=O) groups is 1. The molecule has 0 aliphatic rings. The number of aliphatic carboxylic acids is 1. The molecule has 0 aromatic carbocycles. The molecule has 48 valence electrons. The van der Waals surface area contributed by atoms with Gasteiger partial charge in [-0.05, 0) is 12.6 Å². The molecule has 0 saturated carbocycles. The standard InChI is InChI=1S/C4H8BrO2P/c5-8-3-1-2-4(6)7/h8H,1-3H2,(H,6,7). The van der Waals surface area contributed by atoms with E-state index < -0.39 is 5.97 Å². The number of carboxylic acids is 1. The van der Waals surface area contributed by atoms with Gasteiger partial charge in [-0.15, -0.1) is 0 Å². The number of hydrogen-bond acceptors (Lipinski definition) is 1. The van der Waals surface area contributed by atoms with Gasteiger partial charge in [0.1, 0.15) is 0 Å². The highest BCUT2D eigenvalue weighted by molar-refractivity contribution is 9.36. The predicted octanol–water partition coefficient (Wildman–Crippen LogP) is 1.84. The summed E-state index contributed by atoms with van der Waals surface area (Å²) in [4.78, 5) is 9.86. The van der Waals surface area contributed by atoms with Crippen molar-refractivity contribution in [1.29, 1.82) is 0 Å². The van der Waals surface area contributed by atoms with Gasteiger partial charge >= 0.3 is 5.97 Å². The maximum Gasteiger partial charge on any atom is 0.303 e. The van der Waals surface area contributed by atoms with Crippen LogP contribution in [0.5, 0.6) is 0 Å². The van der Waals surface area contributed by atoms with E-state index in [2.05, 4.69) is 15.5 Å². The number of carboxylic acid groups (broad SMARTS) is 1. The van der Waals surface area contributed by atoms with E-state index in [1.165, 1.54) is 0 Å². The maximum absolute atomic E-state index is 9.86. The Balaban J connectivity index is 2.82. The van der Waals surface area contributed by atoms with Crippen LogP contribution >= 0.6 is 22.8 Å². The summed E-state index contributed by atoms with van der Waals surface area (Å²) >= 11 is 3.23. The van der Waals surface area contributed by atoms with Gasteiger partial charge in [-0.1, -0.05) is 22.8 Å². The smallest absolute Gasteiger partial charge is 0.303 e. The van der Waals surface area contributed by atoms with Crippen molar-refractivity contribution < 1.29 is 9.90 Å². The van der Waals surface area contributed by atoms with Crippen molar-refractivity contribution in [2.45, 2.75) is 12.8 Å². The van der Waals surface area contributed by atoms with E-state index in [4.69, 9.17) is 5.11 Å². The second kappa shape index (κ2) is 5.52. The molecule has 0 saturated heterocycles. The zero-order valence-corrected chi connectivity index (χ0v) is 6.94. The van der Waals surface area contributed by atoms with Crippen molar-refractivity contribution in [2.24, 2.45) is 0 Å². The molecule has 0 rings (SSSR count). The molecular formula is C4H8BrO2P. The Kier molecular flexibility index (Phi) is 5.78. The van der Waals surface area contributed by atoms with Gasteiger partial charge in [0.15, 0.2) is 0 Å². The SMILES string of the molecule is O=C(O)CCCPBr. The minimum absolute atomic E-state index is 0.304. The molecule has 0 bridgehead atoms. The van der Waals surface area contributed by atoms with Crippen LogP contribution in [0.15, 0.2) is 0 Å². The van der Waals surface area contributed by atoms with Gasteiger partial charge < -0.3 is 5.11 Å². The largest absolute Gasteiger partial charge is 0.481 e. The lowest BCUT2D eigenvalue weighted by Gasteiger charge is -1.89. The molecule has 0 aliphatic heterocycles. The lowest BCUT2D eigenvalue weighted by molar-refractivity contribution is -0.137. The molecule has 1 atom stereocenters. The summed E-state index contributed by atoms with van der Waals surface area (Å²) in [5.74, 6) is -0.698. The van der Waals surface area contributed by atoms with Gasteiger partial charge in [0.25, 0.3) is 0 Å². The molecule has 8 heavy (non-hydrogen) atoms. The third-order valence-electron chi connectivity index (χ3n) is 0.662. The van der Waals surface area contributed by atoms with Crippen LogP contribution in [0.1, 0.15) is 12.8 Å². The van der Waals surface area contributed by atoms with Crippen molar-refractivity contribution in [2.75, 3.05) is 6.16 Å². The highest BCUT2D eigenvalue weighted by Crippen LogP contribution is 2.20. The summed E-state index contributed by atoms with van der Waals surface area (Å²) in [6.07, 6.45) is 2.07. The maximum atomic E-state index is 9.86. The van der Waals surface area contributed by atoms with Crippen LogP contribution in [0.2, 0.25) is 0 Å². The summed E-state index contributed by atoms with van der Waals surface area (Å²) in [5.41, 5.74) is 0. The summed E-state index contributed by atoms with van der Waals surface area (Å²) in [7, 11) is 0.706. The minimum atomic E-state index is -0.698. The number of hydrogen-bond donors (Lipinski definition) is 1. The van der Waals surface area contributed by atoms with E-state index >= 15 is 0 Å². The highest BCUT2D eigenvalue weighted by Gasteiger charge is 1.93. The van der Waals surface area contributed by atoms with Crippen LogP contribution in [0.4, 0.5) is 0 Å². The summed E-state index contributed by atoms with van der Waals surface area (Å²) < 4.78 is 0. The molecular weight excluding hydrogens is 191 g/mol. The monoisotopic (exact) mass is 198 g/mol. The Morgan fingerprint density at radius 2 is 2.38 bits per heavy atom. The van der Waals surface area contributed by atoms with Gasteiger partial charge in [-0.2, -0.15) is 0 Å². The third-order valence-corrected chi connectivity index (χ3v) is 2.39. The molecule has 0 aromatic heterocycles. The molecule has 0 aromatic rings. The molecule has 0 radical (unpaired) electrons. The highest BCUT2D eigenvalue weighted by atomic mass is 79.9. The van der Waals surface area contributed by atoms with E-state index in [0.717, 1.165) is 12.6 Å². The van der Waals surface area contributed by atoms with Crippen molar-refractivity contribution in [3.8, 4) is 0 Å². The topological polar surface area (TPSA) is 37.3 Å². The van der Waals surface area contributed by atoms with Crippen LogP contribution in [0.25, 0.3) is 0 Å². The summed E-state index contributed by atoms with van der Waals surface area (Å²) in [5, 5.41) is 8.13. The quantitative estimate of drug-likeness (QED) is 0.553. The molecule has 0 aliphatic carbocycles. The van der Waals surface area contributed by atoms with Crippen LogP contribution in [0.3, 0.4) is 0 Å². The lowest BCUT2D eigenvalue weighted by Crippen LogP contribution is -1.93. The number of halogens is 1.